The van der Waals surface area contributed by atoms with Gasteiger partial charge in [-0.15, -0.1) is 0 Å². The molecule has 0 bridgehead atoms. The second kappa shape index (κ2) is 10.9. The number of nitrogens with one attached hydrogen (secondary N) is 1. The molecular formula is C29H22BrFN4O3. The lowest BCUT2D eigenvalue weighted by molar-refractivity contribution is -0.118. The van der Waals surface area contributed by atoms with E-state index in [1.807, 2.05) is 43.3 Å². The molecule has 1 amide bonds. The zero-order valence-corrected chi connectivity index (χ0v) is 21.9. The molecule has 7 nitrogen and oxygen atoms in total. The van der Waals surface area contributed by atoms with Gasteiger partial charge in [-0.3, -0.25) is 9.59 Å². The second-order valence-electron chi connectivity index (χ2n) is 8.45. The van der Waals surface area contributed by atoms with Crippen molar-refractivity contribution in [1.82, 2.24) is 9.66 Å². The molecule has 4 aromatic carbocycles. The van der Waals surface area contributed by atoms with E-state index in [2.05, 4.69) is 31.3 Å². The molecule has 5 rings (SSSR count). The molecule has 0 fully saturated rings. The van der Waals surface area contributed by atoms with Crippen LogP contribution in [-0.2, 0) is 11.2 Å². The monoisotopic (exact) mass is 572 g/mol. The van der Waals surface area contributed by atoms with Crippen LogP contribution in [0.15, 0.2) is 93.2 Å². The number of ether oxygens (including phenoxy) is 1. The molecule has 1 aromatic heterocycles. The quantitative estimate of drug-likeness (QED) is 0.245. The summed E-state index contributed by atoms with van der Waals surface area (Å²) in [7, 11) is 0. The molecule has 0 saturated carbocycles. The number of nitrogens with zero attached hydrogens (tertiary/aromatic N) is 3. The SMILES string of the molecule is CCc1nc2ccc(Br)cc2c(=O)n1N=Cc1c(OCC(=O)Nc2ccc(F)cc2)ccc2ccccc12. The number of anilines is 1. The van der Waals surface area contributed by atoms with Crippen molar-refractivity contribution in [3.63, 3.8) is 0 Å². The van der Waals surface area contributed by atoms with E-state index in [-0.39, 0.29) is 18.0 Å². The van der Waals surface area contributed by atoms with Crippen molar-refractivity contribution < 1.29 is 13.9 Å². The van der Waals surface area contributed by atoms with Gasteiger partial charge in [0.25, 0.3) is 11.5 Å². The summed E-state index contributed by atoms with van der Waals surface area (Å²) in [5.41, 5.74) is 1.39. The third-order valence-electron chi connectivity index (χ3n) is 5.91. The first kappa shape index (κ1) is 25.3. The first-order valence-corrected chi connectivity index (χ1v) is 12.7. The van der Waals surface area contributed by atoms with Crippen molar-refractivity contribution in [3.8, 4) is 5.75 Å². The number of fused-ring (bicyclic) bond motifs is 2. The Labute approximate surface area is 225 Å². The van der Waals surface area contributed by atoms with Gasteiger partial charge in [0, 0.05) is 22.1 Å². The summed E-state index contributed by atoms with van der Waals surface area (Å²) in [4.78, 5) is 30.4. The number of halogens is 2. The Bertz CT molecular complexity index is 1750. The minimum absolute atomic E-state index is 0.276. The fourth-order valence-electron chi connectivity index (χ4n) is 4.07. The molecule has 1 N–H and O–H groups in total. The third kappa shape index (κ3) is 5.33. The van der Waals surface area contributed by atoms with E-state index in [4.69, 9.17) is 4.74 Å². The summed E-state index contributed by atoms with van der Waals surface area (Å²) in [6, 6.07) is 22.2. The Morgan fingerprint density at radius 3 is 2.66 bits per heavy atom. The van der Waals surface area contributed by atoms with Crippen LogP contribution in [0.5, 0.6) is 5.75 Å². The first-order valence-electron chi connectivity index (χ1n) is 11.9. The number of carbonyl (C=O) groups excluding carboxylic acids is 1. The smallest absolute Gasteiger partial charge is 0.282 e. The summed E-state index contributed by atoms with van der Waals surface area (Å²) in [6.07, 6.45) is 2.06. The number of aryl methyl sites for hydroxylation is 1. The van der Waals surface area contributed by atoms with Crippen LogP contribution in [0.3, 0.4) is 0 Å². The molecule has 0 unspecified atom stereocenters. The van der Waals surface area contributed by atoms with Crippen LogP contribution in [0.1, 0.15) is 18.3 Å². The molecule has 0 spiro atoms. The second-order valence-corrected chi connectivity index (χ2v) is 9.36. The number of amides is 1. The Hall–Kier alpha value is -4.37. The minimum Gasteiger partial charge on any atom is -0.483 e. The zero-order chi connectivity index (χ0) is 26.6. The summed E-state index contributed by atoms with van der Waals surface area (Å²) in [5, 5.41) is 9.43. The highest BCUT2D eigenvalue weighted by atomic mass is 79.9. The number of benzene rings is 4. The topological polar surface area (TPSA) is 85.6 Å². The number of hydrogen-bond acceptors (Lipinski definition) is 5. The molecule has 38 heavy (non-hydrogen) atoms. The third-order valence-corrected chi connectivity index (χ3v) is 6.40. The maximum atomic E-state index is 13.3. The normalized spacial score (nSPS) is 11.3. The molecule has 1 heterocycles. The van der Waals surface area contributed by atoms with Crippen LogP contribution < -0.4 is 15.6 Å². The summed E-state index contributed by atoms with van der Waals surface area (Å²) in [6.45, 7) is 1.63. The van der Waals surface area contributed by atoms with E-state index in [0.29, 0.717) is 40.1 Å². The Morgan fingerprint density at radius 2 is 1.87 bits per heavy atom. The molecule has 0 atom stereocenters. The van der Waals surface area contributed by atoms with Crippen LogP contribution in [0.4, 0.5) is 10.1 Å². The van der Waals surface area contributed by atoms with E-state index < -0.39 is 5.91 Å². The maximum Gasteiger partial charge on any atom is 0.282 e. The first-order chi connectivity index (χ1) is 18.4. The molecule has 0 aliphatic rings. The van der Waals surface area contributed by atoms with E-state index >= 15 is 0 Å². The summed E-state index contributed by atoms with van der Waals surface area (Å²) in [5.74, 6) is 0.145. The van der Waals surface area contributed by atoms with Crippen LogP contribution >= 0.6 is 15.9 Å². The van der Waals surface area contributed by atoms with Gasteiger partial charge in [-0.25, -0.2) is 9.37 Å². The fraction of sp³-hybridized carbons (Fsp3) is 0.103. The summed E-state index contributed by atoms with van der Waals surface area (Å²) >= 11 is 3.41. The van der Waals surface area contributed by atoms with Gasteiger partial charge in [-0.2, -0.15) is 9.78 Å². The zero-order valence-electron chi connectivity index (χ0n) is 20.3. The lowest BCUT2D eigenvalue weighted by Gasteiger charge is -2.13. The van der Waals surface area contributed by atoms with E-state index in [0.717, 1.165) is 15.2 Å². The van der Waals surface area contributed by atoms with Crippen molar-refractivity contribution in [2.45, 2.75) is 13.3 Å². The molecule has 5 aromatic rings. The predicted molar refractivity (Wildman–Crippen MR) is 151 cm³/mol. The van der Waals surface area contributed by atoms with Crippen molar-refractivity contribution in [2.75, 3.05) is 11.9 Å². The van der Waals surface area contributed by atoms with Crippen LogP contribution in [0.25, 0.3) is 21.7 Å². The van der Waals surface area contributed by atoms with Gasteiger partial charge in [0.2, 0.25) is 0 Å². The van der Waals surface area contributed by atoms with Gasteiger partial charge < -0.3 is 10.1 Å². The minimum atomic E-state index is -0.401. The molecule has 0 aliphatic heterocycles. The van der Waals surface area contributed by atoms with Crippen LogP contribution in [0, 0.1) is 5.82 Å². The number of rotatable bonds is 7. The van der Waals surface area contributed by atoms with E-state index in [1.165, 1.54) is 28.9 Å². The van der Waals surface area contributed by atoms with E-state index in [9.17, 15) is 14.0 Å². The number of carbonyl (C=O) groups is 1. The molecule has 0 radical (unpaired) electrons. The van der Waals surface area contributed by atoms with Crippen LogP contribution in [-0.4, -0.2) is 28.4 Å². The molecule has 190 valence electrons. The standard InChI is InChI=1S/C29H22BrFN4O3/c1-2-27-34-25-13-8-19(30)15-23(25)29(37)35(27)32-16-24-22-6-4-3-5-18(22)7-14-26(24)38-17-28(36)33-21-11-9-20(31)10-12-21/h3-16H,2,17H2,1H3,(H,33,36). The van der Waals surface area contributed by atoms with Gasteiger partial charge in [0.1, 0.15) is 17.4 Å². The molecular weight excluding hydrogens is 551 g/mol. The van der Waals surface area contributed by atoms with Gasteiger partial charge in [0.05, 0.1) is 17.1 Å². The molecule has 9 heteroatoms. The highest BCUT2D eigenvalue weighted by molar-refractivity contribution is 9.10. The van der Waals surface area contributed by atoms with E-state index in [1.54, 1.807) is 24.4 Å². The van der Waals surface area contributed by atoms with Crippen molar-refractivity contribution in [1.29, 1.82) is 0 Å². The Balaban J connectivity index is 1.50. The number of aromatic nitrogens is 2. The average Bonchev–Trinajstić information content (AvgIpc) is 2.93. The number of hydrogen-bond donors (Lipinski definition) is 1. The highest BCUT2D eigenvalue weighted by Crippen LogP contribution is 2.27. The van der Waals surface area contributed by atoms with Crippen molar-refractivity contribution in [2.24, 2.45) is 5.10 Å². The van der Waals surface area contributed by atoms with Crippen molar-refractivity contribution in [3.05, 3.63) is 111 Å². The average molecular weight is 573 g/mol. The van der Waals surface area contributed by atoms with Gasteiger partial charge in [-0.05, 0) is 59.3 Å². The van der Waals surface area contributed by atoms with Gasteiger partial charge >= 0.3 is 0 Å². The molecule has 0 aliphatic carbocycles. The highest BCUT2D eigenvalue weighted by Gasteiger charge is 2.13. The largest absolute Gasteiger partial charge is 0.483 e. The Kier molecular flexibility index (Phi) is 7.28. The lowest BCUT2D eigenvalue weighted by atomic mass is 10.0. The maximum absolute atomic E-state index is 13.3. The lowest BCUT2D eigenvalue weighted by Crippen LogP contribution is -2.22. The van der Waals surface area contributed by atoms with Gasteiger partial charge in [0.15, 0.2) is 6.61 Å². The predicted octanol–water partition coefficient (Wildman–Crippen LogP) is 5.91. The molecule has 0 saturated heterocycles. The fourth-order valence-corrected chi connectivity index (χ4v) is 4.43. The summed E-state index contributed by atoms with van der Waals surface area (Å²) < 4.78 is 21.1. The van der Waals surface area contributed by atoms with Crippen LogP contribution in [0.2, 0.25) is 0 Å². The van der Waals surface area contributed by atoms with Crippen molar-refractivity contribution >= 4 is 55.4 Å². The Morgan fingerprint density at radius 1 is 1.08 bits per heavy atom. The van der Waals surface area contributed by atoms with Gasteiger partial charge in [-0.1, -0.05) is 53.2 Å².